The summed E-state index contributed by atoms with van der Waals surface area (Å²) < 4.78 is 9.87. The van der Waals surface area contributed by atoms with Crippen molar-refractivity contribution < 1.29 is 9.53 Å². The third-order valence-electron chi connectivity index (χ3n) is 5.46. The highest BCUT2D eigenvalue weighted by atomic mass is 16.5. The van der Waals surface area contributed by atoms with Gasteiger partial charge in [-0.25, -0.2) is 0 Å². The van der Waals surface area contributed by atoms with E-state index in [1.165, 1.54) is 0 Å². The van der Waals surface area contributed by atoms with Crippen LogP contribution in [-0.2, 0) is 24.8 Å². The van der Waals surface area contributed by atoms with Crippen molar-refractivity contribution in [2.24, 2.45) is 7.05 Å². The molecule has 1 saturated heterocycles. The highest BCUT2D eigenvalue weighted by molar-refractivity contribution is 5.95. The van der Waals surface area contributed by atoms with Crippen molar-refractivity contribution in [3.05, 3.63) is 35.4 Å². The fraction of sp³-hybridized carbons (Fsp3) is 0.611. The Labute approximate surface area is 153 Å². The number of ether oxygens (including phenoxy) is 1. The van der Waals surface area contributed by atoms with E-state index in [0.29, 0.717) is 18.7 Å². The molecule has 1 amide bonds. The number of rotatable bonds is 5. The Morgan fingerprint density at radius 3 is 3.04 bits per heavy atom. The van der Waals surface area contributed by atoms with Crippen LogP contribution in [0.15, 0.2) is 18.5 Å². The number of hydrogen-bond donors (Lipinski definition) is 1. The van der Waals surface area contributed by atoms with Gasteiger partial charge in [0.25, 0.3) is 5.91 Å². The summed E-state index contributed by atoms with van der Waals surface area (Å²) in [6, 6.07) is 2.11. The predicted octanol–water partition coefficient (Wildman–Crippen LogP) is 0.755. The molecule has 1 fully saturated rings. The Bertz CT molecular complexity index is 782. The van der Waals surface area contributed by atoms with Crippen LogP contribution in [0.4, 0.5) is 0 Å². The van der Waals surface area contributed by atoms with Gasteiger partial charge in [0.15, 0.2) is 0 Å². The highest BCUT2D eigenvalue weighted by Gasteiger charge is 2.35. The van der Waals surface area contributed by atoms with Crippen molar-refractivity contribution in [1.82, 2.24) is 29.8 Å². The molecule has 2 aliphatic rings. The zero-order valence-electron chi connectivity index (χ0n) is 15.4. The number of nitrogens with zero attached hydrogens (tertiary/aromatic N) is 5. The molecule has 0 aliphatic carbocycles. The Kier molecular flexibility index (Phi) is 4.78. The molecule has 0 spiro atoms. The maximum absolute atomic E-state index is 12.7. The Morgan fingerprint density at radius 1 is 1.38 bits per heavy atom. The average Bonchev–Trinajstić information content (AvgIpc) is 3.36. The molecule has 2 aliphatic heterocycles. The van der Waals surface area contributed by atoms with Crippen LogP contribution in [0.2, 0.25) is 0 Å². The molecule has 2 aromatic heterocycles. The molecule has 0 saturated carbocycles. The molecular weight excluding hydrogens is 332 g/mol. The van der Waals surface area contributed by atoms with E-state index in [2.05, 4.69) is 27.3 Å². The van der Waals surface area contributed by atoms with Gasteiger partial charge in [0, 0.05) is 32.9 Å². The van der Waals surface area contributed by atoms with Gasteiger partial charge in [0.2, 0.25) is 0 Å². The van der Waals surface area contributed by atoms with E-state index >= 15 is 0 Å². The number of carbonyl (C=O) groups excluding carboxylic acids is 1. The second-order valence-corrected chi connectivity index (χ2v) is 6.90. The van der Waals surface area contributed by atoms with Gasteiger partial charge in [-0.3, -0.25) is 19.1 Å². The highest BCUT2D eigenvalue weighted by Crippen LogP contribution is 2.29. The molecule has 2 atom stereocenters. The number of likely N-dealkylation sites (N-methyl/N-ethyl adjacent to an activating group) is 1. The lowest BCUT2D eigenvalue weighted by Crippen LogP contribution is -2.50. The summed E-state index contributed by atoms with van der Waals surface area (Å²) in [4.78, 5) is 15.1. The second kappa shape index (κ2) is 7.20. The smallest absolute Gasteiger partial charge is 0.254 e. The van der Waals surface area contributed by atoms with Crippen LogP contribution in [0.3, 0.4) is 0 Å². The zero-order valence-corrected chi connectivity index (χ0v) is 15.4. The van der Waals surface area contributed by atoms with Crippen LogP contribution >= 0.6 is 0 Å². The molecule has 140 valence electrons. The summed E-state index contributed by atoms with van der Waals surface area (Å²) in [6.45, 7) is 6.01. The Hall–Kier alpha value is -2.19. The van der Waals surface area contributed by atoms with E-state index in [0.717, 1.165) is 43.9 Å². The minimum atomic E-state index is -0.105. The minimum absolute atomic E-state index is 0.0610. The van der Waals surface area contributed by atoms with E-state index in [1.54, 1.807) is 6.20 Å². The molecule has 1 N–H and O–H groups in total. The minimum Gasteiger partial charge on any atom is -0.373 e. The largest absolute Gasteiger partial charge is 0.373 e. The molecular formula is C18H26N6O2. The molecule has 0 aromatic carbocycles. The molecule has 0 radical (unpaired) electrons. The summed E-state index contributed by atoms with van der Waals surface area (Å²) in [7, 11) is 1.95. The molecule has 2 aromatic rings. The first-order valence-electron chi connectivity index (χ1n) is 9.35. The number of aryl methyl sites for hydroxylation is 2. The van der Waals surface area contributed by atoms with E-state index in [-0.39, 0.29) is 18.1 Å². The van der Waals surface area contributed by atoms with Crippen molar-refractivity contribution in [2.45, 2.75) is 38.5 Å². The quantitative estimate of drug-likeness (QED) is 0.854. The van der Waals surface area contributed by atoms with E-state index in [9.17, 15) is 4.79 Å². The van der Waals surface area contributed by atoms with Crippen molar-refractivity contribution >= 4 is 5.91 Å². The van der Waals surface area contributed by atoms with Gasteiger partial charge < -0.3 is 10.1 Å². The van der Waals surface area contributed by atoms with E-state index in [4.69, 9.17) is 4.74 Å². The van der Waals surface area contributed by atoms with Crippen molar-refractivity contribution in [1.29, 1.82) is 0 Å². The van der Waals surface area contributed by atoms with Crippen molar-refractivity contribution in [3.63, 3.8) is 0 Å². The van der Waals surface area contributed by atoms with Gasteiger partial charge >= 0.3 is 0 Å². The van der Waals surface area contributed by atoms with E-state index < -0.39 is 0 Å². The maximum atomic E-state index is 12.7. The number of carbonyl (C=O) groups is 1. The van der Waals surface area contributed by atoms with Gasteiger partial charge in [-0.1, -0.05) is 6.92 Å². The Morgan fingerprint density at radius 2 is 2.27 bits per heavy atom. The average molecular weight is 358 g/mol. The molecule has 4 heterocycles. The van der Waals surface area contributed by atoms with Crippen LogP contribution in [0.5, 0.6) is 0 Å². The maximum Gasteiger partial charge on any atom is 0.254 e. The van der Waals surface area contributed by atoms with Gasteiger partial charge in [-0.05, 0) is 25.5 Å². The first-order valence-corrected chi connectivity index (χ1v) is 9.35. The topological polar surface area (TPSA) is 77.2 Å². The summed E-state index contributed by atoms with van der Waals surface area (Å²) in [6.07, 6.45) is 5.37. The first-order chi connectivity index (χ1) is 12.7. The predicted molar refractivity (Wildman–Crippen MR) is 95.8 cm³/mol. The standard InChI is InChI=1S/C18H26N6O2/c1-3-23-9-10-26-16(17(23)15-6-7-20-22(15)2)12-19-18(25)13-11-21-24-8-4-5-14(13)24/h6-7,11,16-17H,3-5,8-10,12H2,1-2H3,(H,19,25)/t16-,17-/m0/s1. The van der Waals surface area contributed by atoms with Crippen LogP contribution < -0.4 is 5.32 Å². The molecule has 26 heavy (non-hydrogen) atoms. The summed E-state index contributed by atoms with van der Waals surface area (Å²) >= 11 is 0. The number of morpholine rings is 1. The number of aromatic nitrogens is 4. The lowest BCUT2D eigenvalue weighted by atomic mass is 10.0. The Balaban J connectivity index is 1.48. The van der Waals surface area contributed by atoms with Gasteiger partial charge in [0.1, 0.15) is 0 Å². The molecule has 0 bridgehead atoms. The van der Waals surface area contributed by atoms with Gasteiger partial charge in [-0.2, -0.15) is 10.2 Å². The van der Waals surface area contributed by atoms with Gasteiger partial charge in [-0.15, -0.1) is 0 Å². The number of nitrogens with one attached hydrogen (secondary N) is 1. The monoisotopic (exact) mass is 358 g/mol. The second-order valence-electron chi connectivity index (χ2n) is 6.90. The molecule has 8 nitrogen and oxygen atoms in total. The fourth-order valence-electron chi connectivity index (χ4n) is 4.11. The summed E-state index contributed by atoms with van der Waals surface area (Å²) in [5.41, 5.74) is 2.85. The lowest BCUT2D eigenvalue weighted by molar-refractivity contribution is -0.0708. The van der Waals surface area contributed by atoms with Crippen molar-refractivity contribution in [3.8, 4) is 0 Å². The van der Waals surface area contributed by atoms with Crippen LogP contribution in [0.25, 0.3) is 0 Å². The molecule has 0 unspecified atom stereocenters. The summed E-state index contributed by atoms with van der Waals surface area (Å²) in [5.74, 6) is -0.0610. The van der Waals surface area contributed by atoms with Crippen LogP contribution in [-0.4, -0.2) is 62.7 Å². The number of hydrogen-bond acceptors (Lipinski definition) is 5. The molecule has 8 heteroatoms. The molecule has 4 rings (SSSR count). The third kappa shape index (κ3) is 3.03. The van der Waals surface area contributed by atoms with Gasteiger partial charge in [0.05, 0.1) is 41.9 Å². The number of amides is 1. The van der Waals surface area contributed by atoms with Crippen LogP contribution in [0, 0.1) is 0 Å². The normalized spacial score (nSPS) is 23.2. The van der Waals surface area contributed by atoms with Crippen LogP contribution in [0.1, 0.15) is 41.1 Å². The fourth-order valence-corrected chi connectivity index (χ4v) is 4.11. The first kappa shape index (κ1) is 17.2. The summed E-state index contributed by atoms with van der Waals surface area (Å²) in [5, 5.41) is 11.7. The van der Waals surface area contributed by atoms with E-state index in [1.807, 2.05) is 28.7 Å². The SMILES string of the molecule is CCN1CCO[C@@H](CNC(=O)c2cnn3c2CCC3)[C@@H]1c1ccnn1C. The third-order valence-corrected chi connectivity index (χ3v) is 5.46. The lowest BCUT2D eigenvalue weighted by Gasteiger charge is -2.40. The van der Waals surface area contributed by atoms with Crippen molar-refractivity contribution in [2.75, 3.05) is 26.2 Å². The number of fused-ring (bicyclic) bond motifs is 1. The zero-order chi connectivity index (χ0) is 18.1.